The van der Waals surface area contributed by atoms with Crippen LogP contribution in [0.4, 0.5) is 13.2 Å². The highest BCUT2D eigenvalue weighted by molar-refractivity contribution is 7.99. The number of nitrogens with zero attached hydrogens (tertiary/aromatic N) is 2. The van der Waals surface area contributed by atoms with Crippen molar-refractivity contribution in [3.8, 4) is 11.1 Å². The van der Waals surface area contributed by atoms with Crippen LogP contribution in [0.25, 0.3) is 11.1 Å². The number of halogens is 3. The van der Waals surface area contributed by atoms with Crippen LogP contribution in [0.15, 0.2) is 69.7 Å². The van der Waals surface area contributed by atoms with E-state index in [0.717, 1.165) is 17.7 Å². The maximum atomic E-state index is 12.6. The summed E-state index contributed by atoms with van der Waals surface area (Å²) in [6, 6.07) is 8.40. The van der Waals surface area contributed by atoms with Gasteiger partial charge in [-0.3, -0.25) is 0 Å². The fourth-order valence-corrected chi connectivity index (χ4v) is 2.91. The summed E-state index contributed by atoms with van der Waals surface area (Å²) in [6.07, 6.45) is 0.172. The molecule has 0 radical (unpaired) electrons. The Morgan fingerprint density at radius 1 is 1.04 bits per heavy atom. The molecule has 0 saturated carbocycles. The highest BCUT2D eigenvalue weighted by Gasteiger charge is 2.30. The molecule has 3 aromatic rings. The molecule has 0 saturated heterocycles. The van der Waals surface area contributed by atoms with E-state index in [1.807, 2.05) is 0 Å². The average Bonchev–Trinajstić information content (AvgIpc) is 2.56. The summed E-state index contributed by atoms with van der Waals surface area (Å²) in [5, 5.41) is 0.603. The number of alkyl halides is 3. The Kier molecular flexibility index (Phi) is 4.39. The van der Waals surface area contributed by atoms with Gasteiger partial charge in [0.15, 0.2) is 0 Å². The number of nitrogens with one attached hydrogen (secondary N) is 1. The molecule has 3 rings (SSSR count). The summed E-state index contributed by atoms with van der Waals surface area (Å²) >= 11 is 1.23. The lowest BCUT2D eigenvalue weighted by Crippen LogP contribution is -2.08. The zero-order valence-electron chi connectivity index (χ0n) is 12.0. The van der Waals surface area contributed by atoms with Crippen molar-refractivity contribution >= 4 is 11.8 Å². The fraction of sp³-hybridized carbons (Fsp3) is 0.0625. The van der Waals surface area contributed by atoms with Gasteiger partial charge < -0.3 is 4.98 Å². The molecule has 0 bridgehead atoms. The van der Waals surface area contributed by atoms with Gasteiger partial charge in [-0.2, -0.15) is 13.2 Å². The van der Waals surface area contributed by atoms with Crippen molar-refractivity contribution in [1.82, 2.24) is 15.0 Å². The molecule has 0 aliphatic rings. The van der Waals surface area contributed by atoms with Gasteiger partial charge in [0.2, 0.25) is 0 Å². The van der Waals surface area contributed by atoms with Crippen LogP contribution >= 0.6 is 11.8 Å². The largest absolute Gasteiger partial charge is 0.416 e. The number of hydrogen-bond donors (Lipinski definition) is 1. The summed E-state index contributed by atoms with van der Waals surface area (Å²) < 4.78 is 37.8. The Bertz CT molecular complexity index is 887. The second kappa shape index (κ2) is 6.48. The van der Waals surface area contributed by atoms with E-state index >= 15 is 0 Å². The molecule has 0 unspecified atom stereocenters. The molecule has 0 atom stereocenters. The maximum Gasteiger partial charge on any atom is 0.416 e. The number of H-pyrrole nitrogens is 1. The van der Waals surface area contributed by atoms with Crippen LogP contribution in [0.3, 0.4) is 0 Å². The van der Waals surface area contributed by atoms with Crippen LogP contribution in [-0.2, 0) is 6.18 Å². The second-order valence-electron chi connectivity index (χ2n) is 4.79. The molecule has 0 aliphatic heterocycles. The minimum absolute atomic E-state index is 0.459. The van der Waals surface area contributed by atoms with E-state index in [0.29, 0.717) is 15.5 Å². The molecule has 1 N–H and O–H groups in total. The van der Waals surface area contributed by atoms with E-state index in [1.165, 1.54) is 36.3 Å². The zero-order chi connectivity index (χ0) is 17.2. The summed E-state index contributed by atoms with van der Waals surface area (Å²) in [5.41, 5.74) is 0.237. The lowest BCUT2D eigenvalue weighted by Gasteiger charge is -2.09. The second-order valence-corrected chi connectivity index (χ2v) is 5.85. The first-order valence-electron chi connectivity index (χ1n) is 6.79. The third-order valence-corrected chi connectivity index (χ3v) is 4.18. The highest BCUT2D eigenvalue weighted by Crippen LogP contribution is 2.35. The van der Waals surface area contributed by atoms with Crippen molar-refractivity contribution in [2.75, 3.05) is 0 Å². The maximum absolute atomic E-state index is 12.6. The van der Waals surface area contributed by atoms with Crippen molar-refractivity contribution in [3.63, 3.8) is 0 Å². The Labute approximate surface area is 138 Å². The van der Waals surface area contributed by atoms with Crippen LogP contribution in [0.1, 0.15) is 5.56 Å². The molecule has 0 fully saturated rings. The van der Waals surface area contributed by atoms with Crippen molar-refractivity contribution in [2.24, 2.45) is 0 Å². The SMILES string of the molecule is O=c1ncc(-c2cccnc2Sc2ccc(C(F)(F)F)cc2)c[nH]1. The zero-order valence-corrected chi connectivity index (χ0v) is 12.9. The summed E-state index contributed by atoms with van der Waals surface area (Å²) in [4.78, 5) is 22.1. The van der Waals surface area contributed by atoms with Gasteiger partial charge in [-0.15, -0.1) is 0 Å². The Hall–Kier alpha value is -2.61. The monoisotopic (exact) mass is 349 g/mol. The van der Waals surface area contributed by atoms with Crippen molar-refractivity contribution in [2.45, 2.75) is 16.1 Å². The molecule has 8 heteroatoms. The quantitative estimate of drug-likeness (QED) is 0.776. The predicted molar refractivity (Wildman–Crippen MR) is 83.7 cm³/mol. The average molecular weight is 349 g/mol. The standard InChI is InChI=1S/C16H10F3N3OS/c17-16(18,19)11-3-5-12(6-4-11)24-14-13(2-1-7-20-14)10-8-21-15(23)22-9-10/h1-9H,(H,21,22,23). The minimum atomic E-state index is -4.36. The molecular formula is C16H10F3N3OS. The van der Waals surface area contributed by atoms with Gasteiger partial charge in [0.05, 0.1) is 5.56 Å². The Balaban J connectivity index is 1.91. The smallest absolute Gasteiger partial charge is 0.312 e. The van der Waals surface area contributed by atoms with Crippen LogP contribution in [0, 0.1) is 0 Å². The van der Waals surface area contributed by atoms with Gasteiger partial charge in [-0.1, -0.05) is 17.8 Å². The minimum Gasteiger partial charge on any atom is -0.312 e. The fourth-order valence-electron chi connectivity index (χ4n) is 2.00. The molecule has 0 spiro atoms. The summed E-state index contributed by atoms with van der Waals surface area (Å²) in [5.74, 6) is 0. The van der Waals surface area contributed by atoms with Crippen LogP contribution < -0.4 is 5.69 Å². The first-order valence-corrected chi connectivity index (χ1v) is 7.60. The summed E-state index contributed by atoms with van der Waals surface area (Å²) in [6.45, 7) is 0. The molecule has 0 amide bonds. The molecule has 0 aliphatic carbocycles. The van der Waals surface area contributed by atoms with Gasteiger partial charge in [-0.25, -0.2) is 14.8 Å². The van der Waals surface area contributed by atoms with Gasteiger partial charge in [0.25, 0.3) is 0 Å². The molecule has 4 nitrogen and oxygen atoms in total. The van der Waals surface area contributed by atoms with Gasteiger partial charge in [0.1, 0.15) is 5.03 Å². The third kappa shape index (κ3) is 3.65. The van der Waals surface area contributed by atoms with E-state index in [4.69, 9.17) is 0 Å². The molecule has 2 heterocycles. The van der Waals surface area contributed by atoms with Crippen molar-refractivity contribution in [3.05, 3.63) is 71.0 Å². The molecular weight excluding hydrogens is 339 g/mol. The normalized spacial score (nSPS) is 11.5. The topological polar surface area (TPSA) is 58.6 Å². The number of hydrogen-bond acceptors (Lipinski definition) is 4. The van der Waals surface area contributed by atoms with E-state index in [-0.39, 0.29) is 0 Å². The number of pyridine rings is 1. The number of benzene rings is 1. The van der Waals surface area contributed by atoms with Crippen LogP contribution in [0.2, 0.25) is 0 Å². The Morgan fingerprint density at radius 3 is 2.42 bits per heavy atom. The lowest BCUT2D eigenvalue weighted by molar-refractivity contribution is -0.137. The number of aromatic nitrogens is 3. The molecule has 1 aromatic carbocycles. The molecule has 122 valence electrons. The highest BCUT2D eigenvalue weighted by atomic mass is 32.2. The Morgan fingerprint density at radius 2 is 1.79 bits per heavy atom. The predicted octanol–water partition coefficient (Wildman–Crippen LogP) is 4.00. The first-order chi connectivity index (χ1) is 11.4. The van der Waals surface area contributed by atoms with Gasteiger partial charge in [0, 0.05) is 34.6 Å². The molecule has 2 aromatic heterocycles. The number of aromatic amines is 1. The van der Waals surface area contributed by atoms with E-state index in [1.54, 1.807) is 18.3 Å². The number of rotatable bonds is 3. The van der Waals surface area contributed by atoms with Crippen molar-refractivity contribution in [1.29, 1.82) is 0 Å². The van der Waals surface area contributed by atoms with Crippen molar-refractivity contribution < 1.29 is 13.2 Å². The van der Waals surface area contributed by atoms with Gasteiger partial charge >= 0.3 is 11.9 Å². The van der Waals surface area contributed by atoms with Gasteiger partial charge in [-0.05, 0) is 30.3 Å². The van der Waals surface area contributed by atoms with E-state index < -0.39 is 17.4 Å². The first kappa shape index (κ1) is 16.3. The van der Waals surface area contributed by atoms with Crippen LogP contribution in [0.5, 0.6) is 0 Å². The molecule has 24 heavy (non-hydrogen) atoms. The van der Waals surface area contributed by atoms with Crippen LogP contribution in [-0.4, -0.2) is 15.0 Å². The lowest BCUT2D eigenvalue weighted by atomic mass is 10.1. The van der Waals surface area contributed by atoms with E-state index in [9.17, 15) is 18.0 Å². The summed E-state index contributed by atoms with van der Waals surface area (Å²) in [7, 11) is 0. The third-order valence-electron chi connectivity index (χ3n) is 3.15. The van der Waals surface area contributed by atoms with E-state index in [2.05, 4.69) is 15.0 Å².